The number of piperidine rings is 1. The third-order valence-electron chi connectivity index (χ3n) is 7.24. The quantitative estimate of drug-likeness (QED) is 0.254. The van der Waals surface area contributed by atoms with Gasteiger partial charge in [0.15, 0.2) is 0 Å². The zero-order valence-corrected chi connectivity index (χ0v) is 21.4. The molecule has 0 amide bonds. The van der Waals surface area contributed by atoms with E-state index in [-0.39, 0.29) is 23.2 Å². The van der Waals surface area contributed by atoms with Crippen LogP contribution in [0.25, 0.3) is 10.9 Å². The first kappa shape index (κ1) is 25.5. The Kier molecular flexibility index (Phi) is 9.00. The summed E-state index contributed by atoms with van der Waals surface area (Å²) >= 11 is 6.92. The maximum Gasteiger partial charge on any atom is 0.310 e. The Hall–Kier alpha value is -2.63. The van der Waals surface area contributed by atoms with Gasteiger partial charge in [-0.1, -0.05) is 30.3 Å². The van der Waals surface area contributed by atoms with Gasteiger partial charge in [-0.25, -0.2) is 0 Å². The summed E-state index contributed by atoms with van der Waals surface area (Å²) in [5.74, 6) is 0.856. The fourth-order valence-corrected chi connectivity index (χ4v) is 5.57. The first-order valence-corrected chi connectivity index (χ1v) is 12.9. The van der Waals surface area contributed by atoms with Crippen molar-refractivity contribution in [3.63, 3.8) is 0 Å². The van der Waals surface area contributed by atoms with Crippen LogP contribution in [0.15, 0.2) is 60.8 Å². The van der Waals surface area contributed by atoms with Gasteiger partial charge >= 0.3 is 5.97 Å². The van der Waals surface area contributed by atoms with Crippen LogP contribution in [-0.4, -0.2) is 49.7 Å². The van der Waals surface area contributed by atoms with E-state index >= 15 is 0 Å². The summed E-state index contributed by atoms with van der Waals surface area (Å²) in [5, 5.41) is 0.861. The molecule has 0 bridgehead atoms. The van der Waals surface area contributed by atoms with Crippen LogP contribution < -0.4 is 4.74 Å². The molecule has 4 rings (SSSR count). The van der Waals surface area contributed by atoms with Crippen molar-refractivity contribution in [3.05, 3.63) is 71.9 Å². The number of esters is 1. The lowest BCUT2D eigenvalue weighted by Gasteiger charge is -2.37. The molecule has 1 fully saturated rings. The number of pyridine rings is 1. The molecule has 2 heterocycles. The van der Waals surface area contributed by atoms with E-state index in [0.29, 0.717) is 0 Å². The van der Waals surface area contributed by atoms with Crippen molar-refractivity contribution in [3.8, 4) is 5.75 Å². The Morgan fingerprint density at radius 2 is 2.00 bits per heavy atom. The zero-order chi connectivity index (χ0) is 24.6. The average molecular weight is 495 g/mol. The number of hydrogen-bond acceptors (Lipinski definition) is 5. The van der Waals surface area contributed by atoms with Crippen LogP contribution in [-0.2, 0) is 16.0 Å². The third-order valence-corrected chi connectivity index (χ3v) is 7.69. The molecule has 0 radical (unpaired) electrons. The summed E-state index contributed by atoms with van der Waals surface area (Å²) in [6.45, 7) is 2.77. The molecule has 1 aliphatic heterocycles. The summed E-state index contributed by atoms with van der Waals surface area (Å²) in [6.07, 6.45) is 6.63. The SMILES string of the molecule is COC(=O)[C@H]1CN(CCCc2ccccc2)CC[C@H]1CCC(Cl)c1ccnc2ccc(OC)cc12. The summed E-state index contributed by atoms with van der Waals surface area (Å²) in [7, 11) is 3.16. The minimum Gasteiger partial charge on any atom is -0.497 e. The van der Waals surface area contributed by atoms with Crippen LogP contribution in [0.4, 0.5) is 0 Å². The second-order valence-corrected chi connectivity index (χ2v) is 9.92. The molecule has 1 unspecified atom stereocenters. The van der Waals surface area contributed by atoms with E-state index in [9.17, 15) is 4.79 Å². The monoisotopic (exact) mass is 494 g/mol. The van der Waals surface area contributed by atoms with Crippen molar-refractivity contribution in [1.82, 2.24) is 9.88 Å². The van der Waals surface area contributed by atoms with Crippen LogP contribution in [0, 0.1) is 11.8 Å². The van der Waals surface area contributed by atoms with Crippen molar-refractivity contribution in [2.24, 2.45) is 11.8 Å². The lowest BCUT2D eigenvalue weighted by atomic mass is 9.81. The van der Waals surface area contributed by atoms with Crippen molar-refractivity contribution in [1.29, 1.82) is 0 Å². The molecule has 186 valence electrons. The average Bonchev–Trinajstić information content (AvgIpc) is 2.91. The predicted octanol–water partition coefficient (Wildman–Crippen LogP) is 6.05. The first-order valence-electron chi connectivity index (χ1n) is 12.5. The van der Waals surface area contributed by atoms with Crippen molar-refractivity contribution in [2.45, 2.75) is 37.5 Å². The van der Waals surface area contributed by atoms with Gasteiger partial charge < -0.3 is 14.4 Å². The second-order valence-electron chi connectivity index (χ2n) is 9.40. The topological polar surface area (TPSA) is 51.7 Å². The molecule has 35 heavy (non-hydrogen) atoms. The molecule has 0 saturated carbocycles. The molecule has 1 saturated heterocycles. The predicted molar refractivity (Wildman–Crippen MR) is 141 cm³/mol. The Balaban J connectivity index is 1.36. The Labute approximate surface area is 213 Å². The number of fused-ring (bicyclic) bond motifs is 1. The van der Waals surface area contributed by atoms with Gasteiger partial charge in [-0.15, -0.1) is 11.6 Å². The van der Waals surface area contributed by atoms with Crippen LogP contribution >= 0.6 is 11.6 Å². The van der Waals surface area contributed by atoms with Crippen LogP contribution in [0.2, 0.25) is 0 Å². The first-order chi connectivity index (χ1) is 17.1. The summed E-state index contributed by atoms with van der Waals surface area (Å²) in [4.78, 5) is 19.6. The highest BCUT2D eigenvalue weighted by atomic mass is 35.5. The van der Waals surface area contributed by atoms with Crippen molar-refractivity contribution < 1.29 is 14.3 Å². The van der Waals surface area contributed by atoms with Crippen molar-refractivity contribution >= 4 is 28.5 Å². The number of alkyl halides is 1. The lowest BCUT2D eigenvalue weighted by Crippen LogP contribution is -2.44. The number of methoxy groups -OCH3 is 2. The van der Waals surface area contributed by atoms with Gasteiger partial charge in [-0.05, 0) is 86.5 Å². The fraction of sp³-hybridized carbons (Fsp3) is 0.448. The highest BCUT2D eigenvalue weighted by Gasteiger charge is 2.35. The number of aryl methyl sites for hydroxylation is 1. The maximum absolute atomic E-state index is 12.7. The van der Waals surface area contributed by atoms with Crippen molar-refractivity contribution in [2.75, 3.05) is 33.9 Å². The van der Waals surface area contributed by atoms with E-state index < -0.39 is 0 Å². The lowest BCUT2D eigenvalue weighted by molar-refractivity contribution is -0.150. The minimum atomic E-state index is -0.158. The smallest absolute Gasteiger partial charge is 0.310 e. The van der Waals surface area contributed by atoms with E-state index in [1.165, 1.54) is 12.7 Å². The molecule has 1 aliphatic rings. The number of benzene rings is 2. The van der Waals surface area contributed by atoms with E-state index in [4.69, 9.17) is 21.1 Å². The van der Waals surface area contributed by atoms with E-state index in [1.54, 1.807) is 7.11 Å². The van der Waals surface area contributed by atoms with E-state index in [1.807, 2.05) is 30.5 Å². The van der Waals surface area contributed by atoms with Gasteiger partial charge in [0.05, 0.1) is 31.0 Å². The molecule has 0 aliphatic carbocycles. The number of carbonyl (C=O) groups excluding carboxylic acids is 1. The van der Waals surface area contributed by atoms with Gasteiger partial charge in [-0.2, -0.15) is 0 Å². The van der Waals surface area contributed by atoms with Crippen LogP contribution in [0.5, 0.6) is 5.75 Å². The number of ether oxygens (including phenoxy) is 2. The standard InChI is InChI=1S/C29H35ClN2O3/c1-34-23-11-13-28-25(19-23)24(14-16-31-28)27(30)12-10-22-15-18-32(20-26(22)29(33)35-2)17-6-9-21-7-4-3-5-8-21/h3-5,7-8,11,13-14,16,19,22,26-27H,6,9-10,12,15,17-18,20H2,1-2H3/t22-,26+,27?/m1/s1. The number of carbonyl (C=O) groups is 1. The number of halogens is 1. The van der Waals surface area contributed by atoms with Gasteiger partial charge in [0.25, 0.3) is 0 Å². The summed E-state index contributed by atoms with van der Waals surface area (Å²) in [5.41, 5.74) is 3.33. The molecule has 3 atom stereocenters. The molecular formula is C29H35ClN2O3. The van der Waals surface area contributed by atoms with Crippen LogP contribution in [0.1, 0.15) is 42.2 Å². The normalized spacial score (nSPS) is 19.4. The highest BCUT2D eigenvalue weighted by Crippen LogP contribution is 2.37. The van der Waals surface area contributed by atoms with Gasteiger partial charge in [0, 0.05) is 18.1 Å². The Bertz CT molecular complexity index is 1110. The molecule has 3 aromatic rings. The summed E-state index contributed by atoms with van der Waals surface area (Å²) < 4.78 is 10.6. The van der Waals surface area contributed by atoms with E-state index in [2.05, 4.69) is 40.2 Å². The Morgan fingerprint density at radius 1 is 1.17 bits per heavy atom. The number of nitrogens with zero attached hydrogens (tertiary/aromatic N) is 2. The zero-order valence-electron chi connectivity index (χ0n) is 20.7. The number of likely N-dealkylation sites (tertiary alicyclic amines) is 1. The second kappa shape index (κ2) is 12.4. The number of rotatable bonds is 10. The molecule has 1 aromatic heterocycles. The number of hydrogen-bond donors (Lipinski definition) is 0. The molecule has 6 heteroatoms. The third kappa shape index (κ3) is 6.53. The van der Waals surface area contributed by atoms with Crippen LogP contribution in [0.3, 0.4) is 0 Å². The summed E-state index contributed by atoms with van der Waals surface area (Å²) in [6, 6.07) is 18.4. The van der Waals surface area contributed by atoms with Gasteiger partial charge in [0.2, 0.25) is 0 Å². The molecule has 0 N–H and O–H groups in total. The minimum absolute atomic E-state index is 0.104. The van der Waals surface area contributed by atoms with E-state index in [0.717, 1.165) is 74.0 Å². The fourth-order valence-electron chi connectivity index (χ4n) is 5.25. The molecular weight excluding hydrogens is 460 g/mol. The molecule has 2 aromatic carbocycles. The highest BCUT2D eigenvalue weighted by molar-refractivity contribution is 6.21. The Morgan fingerprint density at radius 3 is 2.77 bits per heavy atom. The molecule has 0 spiro atoms. The molecule has 5 nitrogen and oxygen atoms in total. The number of aromatic nitrogens is 1. The van der Waals surface area contributed by atoms with Gasteiger partial charge in [0.1, 0.15) is 5.75 Å². The maximum atomic E-state index is 12.7. The van der Waals surface area contributed by atoms with Gasteiger partial charge in [-0.3, -0.25) is 9.78 Å². The largest absolute Gasteiger partial charge is 0.497 e.